The molecule has 18 heavy (non-hydrogen) atoms. The Morgan fingerprint density at radius 2 is 2.17 bits per heavy atom. The standard InChI is InChI=1S/C11H8BrN3O2S/c12-8-2-1-5-14-11(8)18-7-3-4-10(15(16)17)9(13)6-7/h1-6H,13H2. The van der Waals surface area contributed by atoms with Crippen molar-refractivity contribution < 1.29 is 4.92 Å². The molecule has 0 bridgehead atoms. The SMILES string of the molecule is Nc1cc(Sc2ncccc2Br)ccc1[N+](=O)[O-]. The summed E-state index contributed by atoms with van der Waals surface area (Å²) in [5.41, 5.74) is 5.69. The van der Waals surface area contributed by atoms with Crippen LogP contribution in [-0.4, -0.2) is 9.91 Å². The molecule has 0 radical (unpaired) electrons. The number of hydrogen-bond acceptors (Lipinski definition) is 5. The molecule has 2 aromatic rings. The van der Waals surface area contributed by atoms with E-state index in [9.17, 15) is 10.1 Å². The molecule has 0 saturated heterocycles. The number of halogens is 1. The Balaban J connectivity index is 2.29. The van der Waals surface area contributed by atoms with Crippen LogP contribution >= 0.6 is 27.7 Å². The zero-order valence-electron chi connectivity index (χ0n) is 9.04. The average Bonchev–Trinajstić information content (AvgIpc) is 2.32. The van der Waals surface area contributed by atoms with E-state index < -0.39 is 4.92 Å². The summed E-state index contributed by atoms with van der Waals surface area (Å²) in [6.07, 6.45) is 1.68. The van der Waals surface area contributed by atoms with E-state index in [4.69, 9.17) is 5.73 Å². The fourth-order valence-corrected chi connectivity index (χ4v) is 2.64. The van der Waals surface area contributed by atoms with Crippen molar-refractivity contribution in [2.45, 2.75) is 9.92 Å². The second-order valence-electron chi connectivity index (χ2n) is 3.37. The van der Waals surface area contributed by atoms with Crippen molar-refractivity contribution in [3.8, 4) is 0 Å². The van der Waals surface area contributed by atoms with Crippen LogP contribution in [0.3, 0.4) is 0 Å². The highest BCUT2D eigenvalue weighted by Gasteiger charge is 2.12. The van der Waals surface area contributed by atoms with Gasteiger partial charge in [0.25, 0.3) is 5.69 Å². The molecule has 0 atom stereocenters. The molecule has 1 aromatic carbocycles. The van der Waals surface area contributed by atoms with Crippen LogP contribution in [-0.2, 0) is 0 Å². The fraction of sp³-hybridized carbons (Fsp3) is 0. The molecule has 2 N–H and O–H groups in total. The van der Waals surface area contributed by atoms with Gasteiger partial charge >= 0.3 is 0 Å². The van der Waals surface area contributed by atoms with Gasteiger partial charge in [0, 0.05) is 17.2 Å². The highest BCUT2D eigenvalue weighted by atomic mass is 79.9. The van der Waals surface area contributed by atoms with E-state index in [-0.39, 0.29) is 11.4 Å². The predicted molar refractivity (Wildman–Crippen MR) is 73.6 cm³/mol. The van der Waals surface area contributed by atoms with Gasteiger partial charge in [0.15, 0.2) is 0 Å². The Bertz CT molecular complexity index is 607. The Morgan fingerprint density at radius 3 is 2.78 bits per heavy atom. The van der Waals surface area contributed by atoms with Crippen molar-refractivity contribution in [1.82, 2.24) is 4.98 Å². The molecule has 1 heterocycles. The van der Waals surface area contributed by atoms with Crippen molar-refractivity contribution in [3.63, 3.8) is 0 Å². The zero-order valence-corrected chi connectivity index (χ0v) is 11.4. The van der Waals surface area contributed by atoms with Gasteiger partial charge in [0.05, 0.1) is 9.40 Å². The first kappa shape index (κ1) is 12.8. The second kappa shape index (κ2) is 5.36. The van der Waals surface area contributed by atoms with Crippen LogP contribution in [0.4, 0.5) is 11.4 Å². The molecule has 0 unspecified atom stereocenters. The molecule has 1 aromatic heterocycles. The van der Waals surface area contributed by atoms with Gasteiger partial charge in [-0.15, -0.1) is 0 Å². The van der Waals surface area contributed by atoms with Gasteiger partial charge in [0.1, 0.15) is 10.7 Å². The molecule has 0 aliphatic heterocycles. The molecule has 0 fully saturated rings. The van der Waals surface area contributed by atoms with Crippen LogP contribution in [0.2, 0.25) is 0 Å². The van der Waals surface area contributed by atoms with E-state index in [0.717, 1.165) is 14.4 Å². The largest absolute Gasteiger partial charge is 0.393 e. The minimum Gasteiger partial charge on any atom is -0.393 e. The molecule has 7 heteroatoms. The number of nitro benzene ring substituents is 1. The molecule has 0 aliphatic carbocycles. The third-order valence-corrected chi connectivity index (χ3v) is 4.05. The molecule has 0 aliphatic rings. The highest BCUT2D eigenvalue weighted by molar-refractivity contribution is 9.10. The van der Waals surface area contributed by atoms with Crippen LogP contribution in [0.5, 0.6) is 0 Å². The third-order valence-electron chi connectivity index (χ3n) is 2.13. The van der Waals surface area contributed by atoms with Crippen molar-refractivity contribution in [1.29, 1.82) is 0 Å². The minimum absolute atomic E-state index is 0.0839. The van der Waals surface area contributed by atoms with Crippen molar-refractivity contribution >= 4 is 39.1 Å². The maximum absolute atomic E-state index is 10.6. The van der Waals surface area contributed by atoms with Gasteiger partial charge in [-0.3, -0.25) is 10.1 Å². The number of hydrogen-bond donors (Lipinski definition) is 1. The summed E-state index contributed by atoms with van der Waals surface area (Å²) in [4.78, 5) is 15.2. The number of nitrogens with two attached hydrogens (primary N) is 1. The molecule has 5 nitrogen and oxygen atoms in total. The lowest BCUT2D eigenvalue weighted by Gasteiger charge is -2.04. The molecule has 0 amide bonds. The smallest absolute Gasteiger partial charge is 0.292 e. The number of anilines is 1. The van der Waals surface area contributed by atoms with E-state index in [1.54, 1.807) is 18.3 Å². The lowest BCUT2D eigenvalue weighted by Crippen LogP contribution is -1.95. The van der Waals surface area contributed by atoms with Crippen LogP contribution in [0.15, 0.2) is 50.9 Å². The van der Waals surface area contributed by atoms with Crippen molar-refractivity contribution in [3.05, 3.63) is 51.1 Å². The topological polar surface area (TPSA) is 82.0 Å². The first-order valence-corrected chi connectivity index (χ1v) is 6.51. The maximum atomic E-state index is 10.6. The fourth-order valence-electron chi connectivity index (χ4n) is 1.32. The lowest BCUT2D eigenvalue weighted by atomic mass is 10.3. The minimum atomic E-state index is -0.500. The first-order chi connectivity index (χ1) is 8.58. The third kappa shape index (κ3) is 2.80. The van der Waals surface area contributed by atoms with Crippen LogP contribution in [0, 0.1) is 10.1 Å². The number of nitrogens with zero attached hydrogens (tertiary/aromatic N) is 2. The van der Waals surface area contributed by atoms with Crippen LogP contribution < -0.4 is 5.73 Å². The number of nitrogen functional groups attached to an aromatic ring is 1. The number of aromatic nitrogens is 1. The van der Waals surface area contributed by atoms with Crippen LogP contribution in [0.1, 0.15) is 0 Å². The zero-order chi connectivity index (χ0) is 13.1. The number of pyridine rings is 1. The van der Waals surface area contributed by atoms with E-state index in [1.165, 1.54) is 17.8 Å². The van der Waals surface area contributed by atoms with Crippen molar-refractivity contribution in [2.24, 2.45) is 0 Å². The van der Waals surface area contributed by atoms with Gasteiger partial charge in [0.2, 0.25) is 0 Å². The number of rotatable bonds is 3. The van der Waals surface area contributed by atoms with E-state index in [2.05, 4.69) is 20.9 Å². The molecular formula is C11H8BrN3O2S. The summed E-state index contributed by atoms with van der Waals surface area (Å²) in [6, 6.07) is 8.32. The number of benzene rings is 1. The van der Waals surface area contributed by atoms with Gasteiger partial charge in [-0.2, -0.15) is 0 Å². The van der Waals surface area contributed by atoms with E-state index in [1.807, 2.05) is 12.1 Å². The first-order valence-electron chi connectivity index (χ1n) is 4.90. The van der Waals surface area contributed by atoms with Crippen LogP contribution in [0.25, 0.3) is 0 Å². The summed E-state index contributed by atoms with van der Waals surface area (Å²) < 4.78 is 0.868. The molecule has 92 valence electrons. The predicted octanol–water partition coefficient (Wildman–Crippen LogP) is 3.49. The summed E-state index contributed by atoms with van der Waals surface area (Å²) >= 11 is 4.78. The second-order valence-corrected chi connectivity index (χ2v) is 5.29. The average molecular weight is 326 g/mol. The summed E-state index contributed by atoms with van der Waals surface area (Å²) in [7, 11) is 0. The summed E-state index contributed by atoms with van der Waals surface area (Å²) in [6.45, 7) is 0. The Morgan fingerprint density at radius 1 is 1.39 bits per heavy atom. The van der Waals surface area contributed by atoms with Crippen molar-refractivity contribution in [2.75, 3.05) is 5.73 Å². The normalized spacial score (nSPS) is 10.3. The van der Waals surface area contributed by atoms with Gasteiger partial charge in [-0.1, -0.05) is 11.8 Å². The summed E-state index contributed by atoms with van der Waals surface area (Å²) in [5.74, 6) is 0. The molecule has 0 saturated carbocycles. The van der Waals surface area contributed by atoms with E-state index in [0.29, 0.717) is 0 Å². The quantitative estimate of drug-likeness (QED) is 0.530. The lowest BCUT2D eigenvalue weighted by molar-refractivity contribution is -0.383. The van der Waals surface area contributed by atoms with Gasteiger partial charge in [-0.25, -0.2) is 4.98 Å². The van der Waals surface area contributed by atoms with Gasteiger partial charge in [-0.05, 0) is 40.2 Å². The Hall–Kier alpha value is -1.60. The van der Waals surface area contributed by atoms with E-state index >= 15 is 0 Å². The highest BCUT2D eigenvalue weighted by Crippen LogP contribution is 2.34. The number of nitro groups is 1. The molecule has 0 spiro atoms. The van der Waals surface area contributed by atoms with Gasteiger partial charge < -0.3 is 5.73 Å². The monoisotopic (exact) mass is 325 g/mol. The Labute approximate surface area is 116 Å². The molecule has 2 rings (SSSR count). The summed E-state index contributed by atoms with van der Waals surface area (Å²) in [5, 5.41) is 11.4. The Kier molecular flexibility index (Phi) is 3.83. The molecular weight excluding hydrogens is 318 g/mol. The maximum Gasteiger partial charge on any atom is 0.292 e.